The second kappa shape index (κ2) is 7.65. The molecule has 0 aromatic carbocycles. The molecule has 0 radical (unpaired) electrons. The number of carbonyl (C=O) groups is 1. The monoisotopic (exact) mass is 355 g/mol. The number of hydrogen-bond acceptors (Lipinski definition) is 6. The summed E-state index contributed by atoms with van der Waals surface area (Å²) >= 11 is 0. The van der Waals surface area contributed by atoms with Crippen LogP contribution in [0.2, 0.25) is 0 Å². The van der Waals surface area contributed by atoms with E-state index >= 15 is 0 Å². The summed E-state index contributed by atoms with van der Waals surface area (Å²) in [5.41, 5.74) is 5.66. The molecule has 0 fully saturated rings. The van der Waals surface area contributed by atoms with E-state index in [0.29, 0.717) is 12.0 Å². The molecule has 24 heavy (non-hydrogen) atoms. The third-order valence-electron chi connectivity index (χ3n) is 2.87. The van der Waals surface area contributed by atoms with Gasteiger partial charge in [-0.2, -0.15) is 0 Å². The van der Waals surface area contributed by atoms with Gasteiger partial charge in [0.05, 0.1) is 0 Å². The van der Waals surface area contributed by atoms with E-state index in [1.165, 1.54) is 12.3 Å². The molecule has 0 aliphatic carbocycles. The quantitative estimate of drug-likeness (QED) is 0.839. The fourth-order valence-corrected chi connectivity index (χ4v) is 2.62. The van der Waals surface area contributed by atoms with Crippen LogP contribution in [0.5, 0.6) is 0 Å². The van der Waals surface area contributed by atoms with Crippen LogP contribution in [0.15, 0.2) is 23.2 Å². The second-order valence-electron chi connectivity index (χ2n) is 6.61. The summed E-state index contributed by atoms with van der Waals surface area (Å²) in [6.07, 6.45) is 6.21. The van der Waals surface area contributed by atoms with E-state index < -0.39 is 21.5 Å². The van der Waals surface area contributed by atoms with E-state index in [4.69, 9.17) is 10.5 Å². The first kappa shape index (κ1) is 20.0. The van der Waals surface area contributed by atoms with Crippen LogP contribution < -0.4 is 11.1 Å². The molecule has 1 atom stereocenters. The van der Waals surface area contributed by atoms with Gasteiger partial charge in [0.25, 0.3) is 0 Å². The maximum atomic E-state index is 11.6. The predicted octanol–water partition coefficient (Wildman–Crippen LogP) is 2.38. The first-order chi connectivity index (χ1) is 10.9. The number of nitrogens with one attached hydrogen (secondary N) is 1. The number of alkyl carbamates (subject to hydrolysis) is 1. The SMILES string of the molecule is C[C@@H](C/C=C/c1cnc(N)c(S(C)(=O)=O)c1)NC(=O)OC(C)(C)C. The van der Waals surface area contributed by atoms with Crippen LogP contribution in [0.4, 0.5) is 10.6 Å². The molecule has 0 aliphatic heterocycles. The normalized spacial score (nSPS) is 13.7. The van der Waals surface area contributed by atoms with E-state index in [9.17, 15) is 13.2 Å². The smallest absolute Gasteiger partial charge is 0.407 e. The Kier molecular flexibility index (Phi) is 6.36. The Morgan fingerprint density at radius 2 is 2.08 bits per heavy atom. The van der Waals surface area contributed by atoms with Crippen molar-refractivity contribution < 1.29 is 17.9 Å². The standard InChI is InChI=1S/C16H25N3O4S/c1-11(19-15(20)23-16(2,3)4)7-6-8-12-9-13(24(5,21)22)14(17)18-10-12/h6,8-11H,7H2,1-5H3,(H2,17,18)(H,19,20)/b8-6+/t11-/m0/s1. The largest absolute Gasteiger partial charge is 0.444 e. The lowest BCUT2D eigenvalue weighted by Gasteiger charge is -2.21. The molecule has 1 amide bonds. The van der Waals surface area contributed by atoms with Crippen LogP contribution in [0.1, 0.15) is 39.7 Å². The Morgan fingerprint density at radius 1 is 1.46 bits per heavy atom. The number of nitrogens with zero attached hydrogens (tertiary/aromatic N) is 1. The Bertz CT molecular complexity index is 721. The molecule has 0 unspecified atom stereocenters. The van der Waals surface area contributed by atoms with Crippen LogP contribution in [0, 0.1) is 0 Å². The fraction of sp³-hybridized carbons (Fsp3) is 0.500. The van der Waals surface area contributed by atoms with Gasteiger partial charge >= 0.3 is 6.09 Å². The average molecular weight is 355 g/mol. The Balaban J connectivity index is 2.66. The van der Waals surface area contributed by atoms with Gasteiger partial charge < -0.3 is 15.8 Å². The van der Waals surface area contributed by atoms with Gasteiger partial charge in [-0.15, -0.1) is 0 Å². The zero-order valence-electron chi connectivity index (χ0n) is 14.7. The molecule has 0 spiro atoms. The van der Waals surface area contributed by atoms with Crippen LogP contribution in [-0.2, 0) is 14.6 Å². The number of aromatic nitrogens is 1. The number of pyridine rings is 1. The third-order valence-corrected chi connectivity index (χ3v) is 3.99. The summed E-state index contributed by atoms with van der Waals surface area (Å²) in [5, 5.41) is 2.72. The minimum absolute atomic E-state index is 0.00424. The number of sulfone groups is 1. The lowest BCUT2D eigenvalue weighted by Crippen LogP contribution is -2.37. The van der Waals surface area contributed by atoms with Crippen molar-refractivity contribution in [2.45, 2.75) is 50.7 Å². The van der Waals surface area contributed by atoms with Gasteiger partial charge in [0.15, 0.2) is 9.84 Å². The molecule has 8 heteroatoms. The number of hydrogen-bond donors (Lipinski definition) is 2. The van der Waals surface area contributed by atoms with E-state index in [2.05, 4.69) is 10.3 Å². The molecular weight excluding hydrogens is 330 g/mol. The van der Waals surface area contributed by atoms with Gasteiger partial charge in [-0.05, 0) is 45.7 Å². The lowest BCUT2D eigenvalue weighted by atomic mass is 10.2. The molecular formula is C16H25N3O4S. The van der Waals surface area contributed by atoms with Crippen molar-refractivity contribution in [2.24, 2.45) is 0 Å². The molecule has 0 aliphatic rings. The van der Waals surface area contributed by atoms with Crippen molar-refractivity contribution >= 4 is 27.8 Å². The molecule has 1 heterocycles. The summed E-state index contributed by atoms with van der Waals surface area (Å²) < 4.78 is 28.4. The molecule has 134 valence electrons. The van der Waals surface area contributed by atoms with Gasteiger partial charge in [-0.1, -0.05) is 12.2 Å². The Morgan fingerprint density at radius 3 is 2.62 bits per heavy atom. The van der Waals surface area contributed by atoms with Crippen molar-refractivity contribution in [1.82, 2.24) is 10.3 Å². The van der Waals surface area contributed by atoms with Crippen molar-refractivity contribution in [3.63, 3.8) is 0 Å². The molecule has 0 saturated carbocycles. The van der Waals surface area contributed by atoms with Crippen LogP contribution >= 0.6 is 0 Å². The fourth-order valence-electron chi connectivity index (χ4n) is 1.83. The number of ether oxygens (including phenoxy) is 1. The van der Waals surface area contributed by atoms with Gasteiger partial charge in [0.2, 0.25) is 0 Å². The second-order valence-corrected chi connectivity index (χ2v) is 8.59. The van der Waals surface area contributed by atoms with Gasteiger partial charge in [0.1, 0.15) is 16.3 Å². The van der Waals surface area contributed by atoms with Crippen molar-refractivity contribution in [3.8, 4) is 0 Å². The third kappa shape index (κ3) is 6.99. The van der Waals surface area contributed by atoms with Gasteiger partial charge in [0, 0.05) is 18.5 Å². The van der Waals surface area contributed by atoms with Crippen LogP contribution in [0.3, 0.4) is 0 Å². The first-order valence-electron chi connectivity index (χ1n) is 7.50. The van der Waals surface area contributed by atoms with Gasteiger partial charge in [-0.25, -0.2) is 18.2 Å². The number of rotatable bonds is 5. The highest BCUT2D eigenvalue weighted by Gasteiger charge is 2.17. The summed E-state index contributed by atoms with van der Waals surface area (Å²) in [4.78, 5) is 15.5. The zero-order valence-corrected chi connectivity index (χ0v) is 15.5. The molecule has 0 saturated heterocycles. The zero-order chi connectivity index (χ0) is 18.5. The first-order valence-corrected chi connectivity index (χ1v) is 9.39. The highest BCUT2D eigenvalue weighted by molar-refractivity contribution is 7.90. The van der Waals surface area contributed by atoms with E-state index in [1.807, 2.05) is 13.0 Å². The predicted molar refractivity (Wildman–Crippen MR) is 94.2 cm³/mol. The molecule has 1 aromatic heterocycles. The van der Waals surface area contributed by atoms with E-state index in [-0.39, 0.29) is 16.8 Å². The van der Waals surface area contributed by atoms with Crippen LogP contribution in [0.25, 0.3) is 6.08 Å². The summed E-state index contributed by atoms with van der Waals surface area (Å²) in [6, 6.07) is 1.34. The number of nitrogens with two attached hydrogens (primary N) is 1. The molecule has 1 rings (SSSR count). The van der Waals surface area contributed by atoms with E-state index in [1.54, 1.807) is 26.8 Å². The number of nitrogen functional groups attached to an aromatic ring is 1. The molecule has 7 nitrogen and oxygen atoms in total. The highest BCUT2D eigenvalue weighted by Crippen LogP contribution is 2.18. The van der Waals surface area contributed by atoms with Gasteiger partial charge in [-0.3, -0.25) is 0 Å². The molecule has 1 aromatic rings. The minimum Gasteiger partial charge on any atom is -0.444 e. The Hall–Kier alpha value is -2.09. The number of amides is 1. The topological polar surface area (TPSA) is 111 Å². The number of carbonyl (C=O) groups excluding carboxylic acids is 1. The summed E-state index contributed by atoms with van der Waals surface area (Å²) in [7, 11) is -3.43. The van der Waals surface area contributed by atoms with Crippen molar-refractivity contribution in [1.29, 1.82) is 0 Å². The Labute approximate surface area is 143 Å². The van der Waals surface area contributed by atoms with Crippen LogP contribution in [-0.4, -0.2) is 37.4 Å². The summed E-state index contributed by atoms with van der Waals surface area (Å²) in [5.74, 6) is -0.0189. The van der Waals surface area contributed by atoms with Crippen molar-refractivity contribution in [2.75, 3.05) is 12.0 Å². The molecule has 3 N–H and O–H groups in total. The van der Waals surface area contributed by atoms with E-state index in [0.717, 1.165) is 6.26 Å². The molecule has 0 bridgehead atoms. The summed E-state index contributed by atoms with van der Waals surface area (Å²) in [6.45, 7) is 7.23. The number of anilines is 1. The maximum absolute atomic E-state index is 11.6. The minimum atomic E-state index is -3.43. The maximum Gasteiger partial charge on any atom is 0.407 e. The lowest BCUT2D eigenvalue weighted by molar-refractivity contribution is 0.0509. The average Bonchev–Trinajstić information content (AvgIpc) is 2.36. The van der Waals surface area contributed by atoms with Crippen molar-refractivity contribution in [3.05, 3.63) is 23.9 Å². The highest BCUT2D eigenvalue weighted by atomic mass is 32.2.